The molecule has 1 N–H and O–H groups in total. The quantitative estimate of drug-likeness (QED) is 0.360. The summed E-state index contributed by atoms with van der Waals surface area (Å²) in [5.41, 5.74) is 1.78. The number of hydrogen-bond acceptors (Lipinski definition) is 4. The number of carbonyl (C=O) groups excluding carboxylic acids is 3. The van der Waals surface area contributed by atoms with Crippen molar-refractivity contribution >= 4 is 17.7 Å². The van der Waals surface area contributed by atoms with Gasteiger partial charge in [-0.15, -0.1) is 0 Å². The first kappa shape index (κ1) is 10.3. The molecule has 0 fully saturated rings. The maximum atomic E-state index is 10.6. The molecule has 0 atom stereocenters. The maximum Gasteiger partial charge on any atom is 0.355 e. The van der Waals surface area contributed by atoms with E-state index in [1.165, 1.54) is 6.92 Å². The number of hydroxylamine groups is 1. The zero-order chi connectivity index (χ0) is 9.56. The van der Waals surface area contributed by atoms with E-state index in [-0.39, 0.29) is 12.2 Å². The Bertz CT molecular complexity index is 221. The average molecular weight is 171 g/mol. The van der Waals surface area contributed by atoms with Crippen molar-refractivity contribution < 1.29 is 19.2 Å². The van der Waals surface area contributed by atoms with E-state index < -0.39 is 11.9 Å². The van der Waals surface area contributed by atoms with Gasteiger partial charge in [0.25, 0.3) is 5.91 Å². The third kappa shape index (κ3) is 5.16. The molecule has 66 valence electrons. The molecule has 0 spiro atoms. The number of Topliss-reactive ketones (excluding diaryl/α,β-unsaturated/α-hetero) is 1. The topological polar surface area (TPSA) is 72.5 Å². The number of hydrogen-bond donors (Lipinski definition) is 1. The van der Waals surface area contributed by atoms with Crippen molar-refractivity contribution in [2.45, 2.75) is 13.3 Å². The summed E-state index contributed by atoms with van der Waals surface area (Å²) in [6.07, 6.45) is 0.596. The van der Waals surface area contributed by atoms with Gasteiger partial charge < -0.3 is 4.84 Å². The number of nitrogens with one attached hydrogen (secondary N) is 1. The lowest BCUT2D eigenvalue weighted by molar-refractivity contribution is -0.154. The lowest BCUT2D eigenvalue weighted by Gasteiger charge is -2.00. The van der Waals surface area contributed by atoms with Gasteiger partial charge in [-0.05, 0) is 6.92 Å². The van der Waals surface area contributed by atoms with Crippen molar-refractivity contribution in [2.75, 3.05) is 0 Å². The van der Waals surface area contributed by atoms with Crippen LogP contribution in [0.1, 0.15) is 13.3 Å². The molecule has 0 aliphatic carbocycles. The Morgan fingerprint density at radius 2 is 2.08 bits per heavy atom. The average Bonchev–Trinajstić information content (AvgIpc) is 1.99. The van der Waals surface area contributed by atoms with Crippen LogP contribution in [0.2, 0.25) is 0 Å². The third-order valence-electron chi connectivity index (χ3n) is 0.842. The van der Waals surface area contributed by atoms with Gasteiger partial charge in [-0.2, -0.15) is 5.48 Å². The van der Waals surface area contributed by atoms with E-state index in [0.29, 0.717) is 0 Å². The predicted octanol–water partition coefficient (Wildman–Crippen LogP) is -0.274. The Hall–Kier alpha value is -1.65. The number of amides is 1. The fraction of sp³-hybridized carbons (Fsp3) is 0.286. The minimum Gasteiger partial charge on any atom is -0.336 e. The second-order valence-corrected chi connectivity index (χ2v) is 2.03. The second-order valence-electron chi connectivity index (χ2n) is 2.03. The standard InChI is InChI=1S/C7H9NO4/c1-3-7(11)12-8-6(10)4-5(2)9/h3H,1,4H2,2H3,(H,8,10). The van der Waals surface area contributed by atoms with E-state index in [0.717, 1.165) is 6.08 Å². The Kier molecular flexibility index (Phi) is 4.36. The summed E-state index contributed by atoms with van der Waals surface area (Å²) >= 11 is 0. The summed E-state index contributed by atoms with van der Waals surface area (Å²) in [7, 11) is 0. The zero-order valence-corrected chi connectivity index (χ0v) is 6.62. The molecule has 0 aliphatic rings. The van der Waals surface area contributed by atoms with E-state index in [9.17, 15) is 14.4 Å². The Morgan fingerprint density at radius 1 is 1.50 bits per heavy atom. The van der Waals surface area contributed by atoms with Crippen LogP contribution >= 0.6 is 0 Å². The fourth-order valence-corrected chi connectivity index (χ4v) is 0.411. The van der Waals surface area contributed by atoms with E-state index in [4.69, 9.17) is 0 Å². The first-order valence-corrected chi connectivity index (χ1v) is 3.17. The van der Waals surface area contributed by atoms with Crippen LogP contribution in [-0.4, -0.2) is 17.7 Å². The minimum absolute atomic E-state index is 0.301. The van der Waals surface area contributed by atoms with Gasteiger partial charge in [0.05, 0.1) is 6.42 Å². The predicted molar refractivity (Wildman–Crippen MR) is 39.7 cm³/mol. The number of rotatable bonds is 3. The van der Waals surface area contributed by atoms with E-state index in [1.807, 2.05) is 0 Å². The summed E-state index contributed by atoms with van der Waals surface area (Å²) in [4.78, 5) is 35.5. The molecule has 0 aromatic heterocycles. The molecule has 12 heavy (non-hydrogen) atoms. The first-order valence-electron chi connectivity index (χ1n) is 3.17. The van der Waals surface area contributed by atoms with Gasteiger partial charge in [0, 0.05) is 6.08 Å². The van der Waals surface area contributed by atoms with Crippen molar-refractivity contribution in [3.8, 4) is 0 Å². The van der Waals surface area contributed by atoms with Gasteiger partial charge in [-0.1, -0.05) is 6.58 Å². The minimum atomic E-state index is -0.771. The van der Waals surface area contributed by atoms with Crippen molar-refractivity contribution in [2.24, 2.45) is 0 Å². The van der Waals surface area contributed by atoms with Gasteiger partial charge in [0.1, 0.15) is 5.78 Å². The third-order valence-corrected chi connectivity index (χ3v) is 0.842. The molecular weight excluding hydrogens is 162 g/mol. The molecule has 0 bridgehead atoms. The van der Waals surface area contributed by atoms with Gasteiger partial charge in [0.15, 0.2) is 0 Å². The molecule has 0 saturated heterocycles. The molecule has 0 saturated carbocycles. The summed E-state index contributed by atoms with van der Waals surface area (Å²) < 4.78 is 0. The molecule has 5 nitrogen and oxygen atoms in total. The molecule has 0 unspecified atom stereocenters. The largest absolute Gasteiger partial charge is 0.355 e. The molecule has 0 aromatic rings. The fourth-order valence-electron chi connectivity index (χ4n) is 0.411. The first-order chi connectivity index (χ1) is 5.56. The molecule has 0 radical (unpaired) electrons. The van der Waals surface area contributed by atoms with E-state index in [2.05, 4.69) is 11.4 Å². The van der Waals surface area contributed by atoms with Crippen LogP contribution in [0.5, 0.6) is 0 Å². The summed E-state index contributed by atoms with van der Waals surface area (Å²) in [5, 5.41) is 0. The molecule has 0 rings (SSSR count). The van der Waals surface area contributed by atoms with Crippen LogP contribution < -0.4 is 5.48 Å². The highest BCUT2D eigenvalue weighted by atomic mass is 16.7. The van der Waals surface area contributed by atoms with Crippen molar-refractivity contribution in [1.82, 2.24) is 5.48 Å². The molecule has 0 heterocycles. The van der Waals surface area contributed by atoms with Gasteiger partial charge in [-0.3, -0.25) is 9.59 Å². The van der Waals surface area contributed by atoms with E-state index >= 15 is 0 Å². The lowest BCUT2D eigenvalue weighted by atomic mass is 10.3. The normalized spacial score (nSPS) is 8.42. The van der Waals surface area contributed by atoms with Crippen molar-refractivity contribution in [3.05, 3.63) is 12.7 Å². The Balaban J connectivity index is 3.64. The Labute approximate surface area is 69.3 Å². The Morgan fingerprint density at radius 3 is 2.50 bits per heavy atom. The molecule has 0 aromatic carbocycles. The second kappa shape index (κ2) is 5.06. The molecule has 0 aliphatic heterocycles. The van der Waals surface area contributed by atoms with Crippen LogP contribution in [0.15, 0.2) is 12.7 Å². The van der Waals surface area contributed by atoms with Crippen LogP contribution in [0.4, 0.5) is 0 Å². The highest BCUT2D eigenvalue weighted by molar-refractivity contribution is 5.96. The SMILES string of the molecule is C=CC(=O)ONC(=O)CC(C)=O. The highest BCUT2D eigenvalue weighted by Crippen LogP contribution is 1.82. The van der Waals surface area contributed by atoms with Crippen LogP contribution in [-0.2, 0) is 19.2 Å². The van der Waals surface area contributed by atoms with Crippen LogP contribution in [0, 0.1) is 0 Å². The smallest absolute Gasteiger partial charge is 0.336 e. The summed E-state index contributed by atoms with van der Waals surface area (Å²) in [6.45, 7) is 4.37. The molecule has 1 amide bonds. The van der Waals surface area contributed by atoms with Gasteiger partial charge in [-0.25, -0.2) is 4.79 Å². The summed E-state index contributed by atoms with van der Waals surface area (Å²) in [5.74, 6) is -1.73. The highest BCUT2D eigenvalue weighted by Gasteiger charge is 2.05. The van der Waals surface area contributed by atoms with Crippen molar-refractivity contribution in [3.63, 3.8) is 0 Å². The molecular formula is C7H9NO4. The van der Waals surface area contributed by atoms with Gasteiger partial charge in [0.2, 0.25) is 0 Å². The monoisotopic (exact) mass is 171 g/mol. The van der Waals surface area contributed by atoms with Crippen molar-refractivity contribution in [1.29, 1.82) is 0 Å². The summed E-state index contributed by atoms with van der Waals surface area (Å²) in [6, 6.07) is 0. The lowest BCUT2D eigenvalue weighted by Crippen LogP contribution is -2.27. The number of carbonyl (C=O) groups is 3. The van der Waals surface area contributed by atoms with E-state index in [1.54, 1.807) is 5.48 Å². The van der Waals surface area contributed by atoms with Gasteiger partial charge >= 0.3 is 5.97 Å². The van der Waals surface area contributed by atoms with Crippen LogP contribution in [0.25, 0.3) is 0 Å². The maximum absolute atomic E-state index is 10.6. The molecule has 5 heteroatoms. The zero-order valence-electron chi connectivity index (χ0n) is 6.62. The number of ketones is 1. The van der Waals surface area contributed by atoms with Crippen LogP contribution in [0.3, 0.4) is 0 Å².